The van der Waals surface area contributed by atoms with Crippen LogP contribution in [-0.4, -0.2) is 46.2 Å². The zero-order chi connectivity index (χ0) is 20.7. The van der Waals surface area contributed by atoms with E-state index in [0.29, 0.717) is 35.0 Å². The molecule has 0 aliphatic rings. The molecule has 0 saturated heterocycles. The average molecular weight is 386 g/mol. The molecule has 0 heterocycles. The lowest BCUT2D eigenvalue weighted by Crippen LogP contribution is -2.38. The molecule has 150 valence electrons. The van der Waals surface area contributed by atoms with E-state index < -0.39 is 0 Å². The average Bonchev–Trinajstić information content (AvgIpc) is 2.69. The van der Waals surface area contributed by atoms with Gasteiger partial charge in [-0.3, -0.25) is 9.59 Å². The number of rotatable bonds is 8. The summed E-state index contributed by atoms with van der Waals surface area (Å²) in [6, 6.07) is 10.7. The second-order valence-electron chi connectivity index (χ2n) is 6.14. The highest BCUT2D eigenvalue weighted by atomic mass is 16.5. The molecule has 0 aromatic heterocycles. The van der Waals surface area contributed by atoms with Crippen LogP contribution >= 0.6 is 0 Å². The minimum Gasteiger partial charge on any atom is -0.496 e. The Labute approximate surface area is 165 Å². The van der Waals surface area contributed by atoms with Crippen molar-refractivity contribution >= 4 is 17.5 Å². The Bertz CT molecular complexity index is 828. The van der Waals surface area contributed by atoms with Gasteiger partial charge in [0, 0.05) is 20.0 Å². The summed E-state index contributed by atoms with van der Waals surface area (Å²) in [4.78, 5) is 26.4. The summed E-state index contributed by atoms with van der Waals surface area (Å²) in [5.41, 5.74) is 1.99. The van der Waals surface area contributed by atoms with Crippen LogP contribution in [0.15, 0.2) is 36.4 Å². The summed E-state index contributed by atoms with van der Waals surface area (Å²) >= 11 is 0. The van der Waals surface area contributed by atoms with Gasteiger partial charge in [0.1, 0.15) is 22.8 Å². The van der Waals surface area contributed by atoms with Gasteiger partial charge in [0.2, 0.25) is 5.91 Å². The minimum atomic E-state index is -0.339. The van der Waals surface area contributed by atoms with Gasteiger partial charge in [-0.15, -0.1) is 0 Å². The quantitative estimate of drug-likeness (QED) is 0.755. The number of ether oxygens (including phenoxy) is 3. The van der Waals surface area contributed by atoms with Crippen LogP contribution in [0.3, 0.4) is 0 Å². The number of methoxy groups -OCH3 is 3. The van der Waals surface area contributed by atoms with E-state index in [1.165, 1.54) is 21.1 Å². The first-order chi connectivity index (χ1) is 13.4. The molecule has 7 heteroatoms. The van der Waals surface area contributed by atoms with Crippen LogP contribution in [-0.2, 0) is 4.79 Å². The Morgan fingerprint density at radius 3 is 2.11 bits per heavy atom. The lowest BCUT2D eigenvalue weighted by molar-refractivity contribution is -0.116. The molecule has 0 saturated carbocycles. The number of aryl methyl sites for hydroxylation is 1. The van der Waals surface area contributed by atoms with E-state index >= 15 is 0 Å². The predicted molar refractivity (Wildman–Crippen MR) is 108 cm³/mol. The molecule has 0 aliphatic heterocycles. The number of carbonyl (C=O) groups is 2. The summed E-state index contributed by atoms with van der Waals surface area (Å²) < 4.78 is 15.9. The van der Waals surface area contributed by atoms with Gasteiger partial charge in [-0.1, -0.05) is 12.1 Å². The fourth-order valence-corrected chi connectivity index (χ4v) is 2.90. The SMILES string of the molecule is COc1ccc(C)cc1N(CCNC(=O)c1c(OC)cccc1OC)C(C)=O. The van der Waals surface area contributed by atoms with Crippen LogP contribution in [0, 0.1) is 6.92 Å². The first-order valence-electron chi connectivity index (χ1n) is 8.84. The summed E-state index contributed by atoms with van der Waals surface area (Å²) in [7, 11) is 4.54. The summed E-state index contributed by atoms with van der Waals surface area (Å²) in [5.74, 6) is 0.946. The topological polar surface area (TPSA) is 77.1 Å². The maximum Gasteiger partial charge on any atom is 0.258 e. The van der Waals surface area contributed by atoms with Crippen molar-refractivity contribution in [2.75, 3.05) is 39.3 Å². The standard InChI is InChI=1S/C21H26N2O5/c1-14-9-10-17(26-3)16(13-14)23(15(2)24)12-11-22-21(25)20-18(27-4)7-6-8-19(20)28-5/h6-10,13H,11-12H2,1-5H3,(H,22,25). The van der Waals surface area contributed by atoms with Gasteiger partial charge >= 0.3 is 0 Å². The molecule has 2 amide bonds. The lowest BCUT2D eigenvalue weighted by Gasteiger charge is -2.24. The highest BCUT2D eigenvalue weighted by molar-refractivity contribution is 6.00. The molecule has 0 atom stereocenters. The fraction of sp³-hybridized carbons (Fsp3) is 0.333. The molecule has 7 nitrogen and oxygen atoms in total. The van der Waals surface area contributed by atoms with Crippen LogP contribution in [0.2, 0.25) is 0 Å². The van der Waals surface area contributed by atoms with E-state index in [2.05, 4.69) is 5.32 Å². The number of nitrogens with zero attached hydrogens (tertiary/aromatic N) is 1. The van der Waals surface area contributed by atoms with Crippen LogP contribution in [0.4, 0.5) is 5.69 Å². The number of anilines is 1. The van der Waals surface area contributed by atoms with Crippen molar-refractivity contribution in [2.24, 2.45) is 0 Å². The summed E-state index contributed by atoms with van der Waals surface area (Å²) in [5, 5.41) is 2.82. The third-order valence-corrected chi connectivity index (χ3v) is 4.28. The molecular formula is C21H26N2O5. The van der Waals surface area contributed by atoms with Gasteiger partial charge < -0.3 is 24.4 Å². The molecule has 2 aromatic rings. The summed E-state index contributed by atoms with van der Waals surface area (Å²) in [6.07, 6.45) is 0. The molecular weight excluding hydrogens is 360 g/mol. The van der Waals surface area contributed by atoms with Gasteiger partial charge in [-0.25, -0.2) is 0 Å². The van der Waals surface area contributed by atoms with E-state index in [1.807, 2.05) is 25.1 Å². The molecule has 2 aromatic carbocycles. The third-order valence-electron chi connectivity index (χ3n) is 4.28. The van der Waals surface area contributed by atoms with Crippen molar-refractivity contribution in [3.8, 4) is 17.2 Å². The van der Waals surface area contributed by atoms with Crippen molar-refractivity contribution in [3.05, 3.63) is 47.5 Å². The molecule has 0 radical (unpaired) electrons. The molecule has 0 fully saturated rings. The Kier molecular flexibility index (Phi) is 7.26. The van der Waals surface area contributed by atoms with E-state index in [9.17, 15) is 9.59 Å². The summed E-state index contributed by atoms with van der Waals surface area (Å²) in [6.45, 7) is 3.96. The Morgan fingerprint density at radius 1 is 0.964 bits per heavy atom. The first kappa shape index (κ1) is 21.1. The first-order valence-corrected chi connectivity index (χ1v) is 8.84. The van der Waals surface area contributed by atoms with Gasteiger partial charge in [0.15, 0.2) is 0 Å². The molecule has 1 N–H and O–H groups in total. The second-order valence-corrected chi connectivity index (χ2v) is 6.14. The molecule has 28 heavy (non-hydrogen) atoms. The highest BCUT2D eigenvalue weighted by Gasteiger charge is 2.20. The van der Waals surface area contributed by atoms with Crippen molar-refractivity contribution in [1.82, 2.24) is 5.32 Å². The largest absolute Gasteiger partial charge is 0.496 e. The van der Waals surface area contributed by atoms with Gasteiger partial charge in [-0.2, -0.15) is 0 Å². The maximum atomic E-state index is 12.7. The monoisotopic (exact) mass is 386 g/mol. The maximum absolute atomic E-state index is 12.7. The van der Waals surface area contributed by atoms with Crippen LogP contribution in [0.5, 0.6) is 17.2 Å². The van der Waals surface area contributed by atoms with E-state index in [0.717, 1.165) is 5.56 Å². The zero-order valence-corrected chi connectivity index (χ0v) is 16.9. The Balaban J connectivity index is 2.16. The van der Waals surface area contributed by atoms with Crippen LogP contribution in [0.1, 0.15) is 22.8 Å². The van der Waals surface area contributed by atoms with Crippen LogP contribution < -0.4 is 24.4 Å². The van der Waals surface area contributed by atoms with E-state index in [4.69, 9.17) is 14.2 Å². The normalized spacial score (nSPS) is 10.2. The molecule has 0 aliphatic carbocycles. The van der Waals surface area contributed by atoms with Crippen LogP contribution in [0.25, 0.3) is 0 Å². The molecule has 0 unspecified atom stereocenters. The number of hydrogen-bond acceptors (Lipinski definition) is 5. The second kappa shape index (κ2) is 9.64. The minimum absolute atomic E-state index is 0.145. The molecule has 0 bridgehead atoms. The van der Waals surface area contributed by atoms with Crippen molar-refractivity contribution in [2.45, 2.75) is 13.8 Å². The molecule has 0 spiro atoms. The molecule has 2 rings (SSSR count). The Hall–Kier alpha value is -3.22. The van der Waals surface area contributed by atoms with E-state index in [-0.39, 0.29) is 18.4 Å². The highest BCUT2D eigenvalue weighted by Crippen LogP contribution is 2.30. The van der Waals surface area contributed by atoms with Gasteiger partial charge in [-0.05, 0) is 36.8 Å². The van der Waals surface area contributed by atoms with Gasteiger partial charge in [0.25, 0.3) is 5.91 Å². The smallest absolute Gasteiger partial charge is 0.258 e. The number of benzene rings is 2. The third kappa shape index (κ3) is 4.73. The van der Waals surface area contributed by atoms with Gasteiger partial charge in [0.05, 0.1) is 27.0 Å². The van der Waals surface area contributed by atoms with Crippen molar-refractivity contribution in [1.29, 1.82) is 0 Å². The van der Waals surface area contributed by atoms with E-state index in [1.54, 1.807) is 30.2 Å². The number of hydrogen-bond donors (Lipinski definition) is 1. The lowest BCUT2D eigenvalue weighted by atomic mass is 10.1. The number of nitrogens with one attached hydrogen (secondary N) is 1. The predicted octanol–water partition coefficient (Wildman–Crippen LogP) is 2.80. The zero-order valence-electron chi connectivity index (χ0n) is 16.9. The van der Waals surface area contributed by atoms with Crippen molar-refractivity contribution in [3.63, 3.8) is 0 Å². The number of amides is 2. The Morgan fingerprint density at radius 2 is 1.57 bits per heavy atom. The number of carbonyl (C=O) groups excluding carboxylic acids is 2. The fourth-order valence-electron chi connectivity index (χ4n) is 2.90. The van der Waals surface area contributed by atoms with Crippen molar-refractivity contribution < 1.29 is 23.8 Å².